The molecule has 0 fully saturated rings. The maximum atomic E-state index is 12.6. The Labute approximate surface area is 59.6 Å². The minimum absolute atomic E-state index is 0.126. The molecule has 0 N–H and O–H groups in total. The minimum Gasteiger partial charge on any atom is -0.276 e. The van der Waals surface area contributed by atoms with Gasteiger partial charge in [-0.3, -0.25) is 4.57 Å². The quantitative estimate of drug-likeness (QED) is 0.604. The van der Waals surface area contributed by atoms with Crippen LogP contribution in [0, 0.1) is 0 Å². The Balaban J connectivity index is 3.73. The predicted octanol–water partition coefficient (Wildman–Crippen LogP) is 3.31. The molecule has 0 spiro atoms. The van der Waals surface area contributed by atoms with Crippen LogP contribution >= 0.6 is 18.0 Å². The molecule has 1 nitrogen and oxygen atoms in total. The third-order valence-corrected chi connectivity index (χ3v) is 5.22. The van der Waals surface area contributed by atoms with Gasteiger partial charge in [-0.05, 0) is 0 Å². The Kier molecular flexibility index (Phi) is 3.83. The molecular formula is C5H12FOPS. The molecule has 56 valence electrons. The molecule has 9 heavy (non-hydrogen) atoms. The van der Waals surface area contributed by atoms with Crippen LogP contribution in [-0.4, -0.2) is 11.4 Å². The highest BCUT2D eigenvalue weighted by Crippen LogP contribution is 2.61. The van der Waals surface area contributed by atoms with Crippen LogP contribution in [0.4, 0.5) is 4.20 Å². The largest absolute Gasteiger partial charge is 0.296 e. The van der Waals surface area contributed by atoms with Gasteiger partial charge in [0, 0.05) is 11.4 Å². The van der Waals surface area contributed by atoms with Gasteiger partial charge in [-0.15, -0.1) is 0 Å². The third kappa shape index (κ3) is 4.98. The first-order chi connectivity index (χ1) is 3.98. The summed E-state index contributed by atoms with van der Waals surface area (Å²) < 4.78 is 23.3. The molecule has 0 aliphatic rings. The van der Waals surface area contributed by atoms with Gasteiger partial charge in [-0.25, -0.2) is 0 Å². The highest BCUT2D eigenvalue weighted by Gasteiger charge is 2.19. The summed E-state index contributed by atoms with van der Waals surface area (Å²) in [4.78, 5) is 0. The van der Waals surface area contributed by atoms with Crippen LogP contribution in [0.15, 0.2) is 0 Å². The number of halogens is 1. The molecule has 0 amide bonds. The van der Waals surface area contributed by atoms with Crippen LogP contribution in [0.25, 0.3) is 0 Å². The molecule has 0 radical (unpaired) electrons. The highest BCUT2D eigenvalue weighted by atomic mass is 32.7. The van der Waals surface area contributed by atoms with Gasteiger partial charge in [0.05, 0.1) is 0 Å². The van der Waals surface area contributed by atoms with E-state index in [4.69, 9.17) is 0 Å². The summed E-state index contributed by atoms with van der Waals surface area (Å²) in [5.41, 5.74) is 0. The zero-order valence-electron chi connectivity index (χ0n) is 5.93. The zero-order chi connectivity index (χ0) is 7.49. The molecular weight excluding hydrogens is 158 g/mol. The van der Waals surface area contributed by atoms with Crippen LogP contribution < -0.4 is 0 Å². The van der Waals surface area contributed by atoms with E-state index in [2.05, 4.69) is 0 Å². The first-order valence-corrected chi connectivity index (χ1v) is 6.22. The first-order valence-electron chi connectivity index (χ1n) is 2.95. The third-order valence-electron chi connectivity index (χ3n) is 0.746. The molecule has 0 bridgehead atoms. The summed E-state index contributed by atoms with van der Waals surface area (Å²) in [6.07, 6.45) is 0.149. The average Bonchev–Trinajstić information content (AvgIpc) is 1.63. The molecule has 0 rings (SSSR count). The fourth-order valence-electron chi connectivity index (χ4n) is 0.389. The molecule has 0 aromatic carbocycles. The van der Waals surface area contributed by atoms with E-state index in [1.807, 2.05) is 13.8 Å². The normalized spacial score (nSPS) is 17.9. The molecule has 0 aromatic heterocycles. The van der Waals surface area contributed by atoms with E-state index in [9.17, 15) is 8.76 Å². The summed E-state index contributed by atoms with van der Waals surface area (Å²) >= 11 is 0.946. The maximum absolute atomic E-state index is 12.6. The second kappa shape index (κ2) is 3.62. The van der Waals surface area contributed by atoms with Crippen molar-refractivity contribution in [3.63, 3.8) is 0 Å². The van der Waals surface area contributed by atoms with Crippen molar-refractivity contribution >= 4 is 18.0 Å². The Morgan fingerprint density at radius 1 is 1.67 bits per heavy atom. The van der Waals surface area contributed by atoms with Crippen molar-refractivity contribution in [1.82, 2.24) is 0 Å². The van der Waals surface area contributed by atoms with Crippen molar-refractivity contribution in [2.45, 2.75) is 26.0 Å². The number of rotatable bonds is 3. The van der Waals surface area contributed by atoms with Gasteiger partial charge in [-0.2, -0.15) is 4.20 Å². The lowest BCUT2D eigenvalue weighted by Crippen LogP contribution is -1.84. The second-order valence-corrected chi connectivity index (χ2v) is 7.30. The van der Waals surface area contributed by atoms with Gasteiger partial charge in [-0.1, -0.05) is 32.2 Å². The smallest absolute Gasteiger partial charge is 0.276 e. The van der Waals surface area contributed by atoms with E-state index in [-0.39, 0.29) is 11.4 Å². The van der Waals surface area contributed by atoms with E-state index in [1.54, 1.807) is 6.92 Å². The van der Waals surface area contributed by atoms with Gasteiger partial charge >= 0.3 is 0 Å². The molecule has 4 heteroatoms. The SMILES string of the molecule is CCP(=O)(F)SC(C)C. The van der Waals surface area contributed by atoms with Crippen LogP contribution in [0.1, 0.15) is 20.8 Å². The highest BCUT2D eigenvalue weighted by molar-refractivity contribution is 8.56. The van der Waals surface area contributed by atoms with Crippen molar-refractivity contribution in [2.24, 2.45) is 0 Å². The van der Waals surface area contributed by atoms with Crippen LogP contribution in [0.3, 0.4) is 0 Å². The molecule has 0 aliphatic carbocycles. The fourth-order valence-corrected chi connectivity index (χ4v) is 3.50. The Morgan fingerprint density at radius 3 is 2.22 bits per heavy atom. The molecule has 0 aromatic rings. The van der Waals surface area contributed by atoms with Crippen LogP contribution in [0.5, 0.6) is 0 Å². The maximum Gasteiger partial charge on any atom is 0.296 e. The van der Waals surface area contributed by atoms with E-state index in [1.165, 1.54) is 0 Å². The molecule has 1 atom stereocenters. The summed E-state index contributed by atoms with van der Waals surface area (Å²) in [5.74, 6) is 0. The molecule has 0 saturated heterocycles. The zero-order valence-corrected chi connectivity index (χ0v) is 7.64. The van der Waals surface area contributed by atoms with Gasteiger partial charge in [0.2, 0.25) is 0 Å². The first kappa shape index (κ1) is 9.51. The standard InChI is InChI=1S/C5H12FOPS/c1-4-8(6,7)9-5(2)3/h5H,4H2,1-3H3. The van der Waals surface area contributed by atoms with Gasteiger partial charge < -0.3 is 0 Å². The molecule has 0 saturated carbocycles. The van der Waals surface area contributed by atoms with E-state index < -0.39 is 6.65 Å². The lowest BCUT2D eigenvalue weighted by molar-refractivity contribution is 0.556. The lowest BCUT2D eigenvalue weighted by Gasteiger charge is -2.06. The van der Waals surface area contributed by atoms with Crippen molar-refractivity contribution in [3.8, 4) is 0 Å². The summed E-state index contributed by atoms with van der Waals surface area (Å²) in [7, 11) is 0. The van der Waals surface area contributed by atoms with Crippen LogP contribution in [-0.2, 0) is 4.57 Å². The molecule has 0 heterocycles. The van der Waals surface area contributed by atoms with Crippen molar-refractivity contribution in [1.29, 1.82) is 0 Å². The average molecular weight is 170 g/mol. The van der Waals surface area contributed by atoms with E-state index in [0.717, 1.165) is 11.4 Å². The van der Waals surface area contributed by atoms with Crippen molar-refractivity contribution in [2.75, 3.05) is 6.16 Å². The van der Waals surface area contributed by atoms with Gasteiger partial charge in [0.25, 0.3) is 6.65 Å². The predicted molar refractivity (Wildman–Crippen MR) is 42.0 cm³/mol. The van der Waals surface area contributed by atoms with Gasteiger partial charge in [0.1, 0.15) is 0 Å². The van der Waals surface area contributed by atoms with E-state index in [0.29, 0.717) is 0 Å². The topological polar surface area (TPSA) is 17.1 Å². The van der Waals surface area contributed by atoms with Crippen molar-refractivity contribution in [3.05, 3.63) is 0 Å². The fraction of sp³-hybridized carbons (Fsp3) is 1.00. The summed E-state index contributed by atoms with van der Waals surface area (Å²) in [5, 5.41) is 0.126. The number of hydrogen-bond acceptors (Lipinski definition) is 2. The monoisotopic (exact) mass is 170 g/mol. The summed E-state index contributed by atoms with van der Waals surface area (Å²) in [6, 6.07) is 0. The second-order valence-electron chi connectivity index (χ2n) is 2.06. The Morgan fingerprint density at radius 2 is 2.11 bits per heavy atom. The Bertz CT molecular complexity index is 126. The molecule has 1 unspecified atom stereocenters. The number of hydrogen-bond donors (Lipinski definition) is 0. The lowest BCUT2D eigenvalue weighted by atomic mass is 10.6. The minimum atomic E-state index is -3.31. The van der Waals surface area contributed by atoms with Gasteiger partial charge in [0.15, 0.2) is 0 Å². The molecule has 0 aliphatic heterocycles. The van der Waals surface area contributed by atoms with Crippen molar-refractivity contribution < 1.29 is 8.76 Å². The van der Waals surface area contributed by atoms with Crippen LogP contribution in [0.2, 0.25) is 0 Å². The Hall–Kier alpha value is 0.510. The summed E-state index contributed by atoms with van der Waals surface area (Å²) in [6.45, 7) is 1.97. The van der Waals surface area contributed by atoms with E-state index >= 15 is 0 Å².